The van der Waals surface area contributed by atoms with Gasteiger partial charge in [0.15, 0.2) is 11.5 Å². The summed E-state index contributed by atoms with van der Waals surface area (Å²) in [4.78, 5) is 11.5. The van der Waals surface area contributed by atoms with E-state index in [1.54, 1.807) is 18.2 Å². The number of benzene rings is 1. The van der Waals surface area contributed by atoms with Crippen molar-refractivity contribution in [1.82, 2.24) is 0 Å². The monoisotopic (exact) mass is 272 g/mol. The Balaban J connectivity index is 2.57. The summed E-state index contributed by atoms with van der Waals surface area (Å²) < 4.78 is 5.00. The second kappa shape index (κ2) is 8.82. The van der Waals surface area contributed by atoms with E-state index in [2.05, 4.69) is 18.8 Å². The molecule has 1 aromatic carbocycles. The SMILES string of the molecule is CCCCCC#CC(=O)C=Cc1ccc(O)c(OC)c1. The molecular weight excluding hydrogens is 252 g/mol. The molecule has 0 bridgehead atoms. The average molecular weight is 272 g/mol. The van der Waals surface area contributed by atoms with Crippen molar-refractivity contribution in [3.63, 3.8) is 0 Å². The van der Waals surface area contributed by atoms with Crippen LogP contribution in [0.3, 0.4) is 0 Å². The number of methoxy groups -OCH3 is 1. The summed E-state index contributed by atoms with van der Waals surface area (Å²) in [5.74, 6) is 5.71. The highest BCUT2D eigenvalue weighted by Crippen LogP contribution is 2.26. The van der Waals surface area contributed by atoms with Crippen LogP contribution in [0, 0.1) is 11.8 Å². The number of rotatable bonds is 6. The zero-order chi connectivity index (χ0) is 14.8. The zero-order valence-electron chi connectivity index (χ0n) is 12.0. The Labute approximate surface area is 120 Å². The molecular formula is C17H20O3. The fourth-order valence-electron chi connectivity index (χ4n) is 1.62. The smallest absolute Gasteiger partial charge is 0.228 e. The van der Waals surface area contributed by atoms with Gasteiger partial charge in [0.25, 0.3) is 0 Å². The molecule has 0 aliphatic carbocycles. The second-order valence-corrected chi connectivity index (χ2v) is 4.39. The molecule has 3 heteroatoms. The van der Waals surface area contributed by atoms with Crippen LogP contribution in [0.25, 0.3) is 6.08 Å². The minimum Gasteiger partial charge on any atom is -0.504 e. The van der Waals surface area contributed by atoms with Gasteiger partial charge in [-0.25, -0.2) is 0 Å². The molecule has 0 spiro atoms. The van der Waals surface area contributed by atoms with Gasteiger partial charge in [-0.05, 0) is 36.1 Å². The van der Waals surface area contributed by atoms with Crippen molar-refractivity contribution in [3.05, 3.63) is 29.8 Å². The second-order valence-electron chi connectivity index (χ2n) is 4.39. The zero-order valence-corrected chi connectivity index (χ0v) is 12.0. The lowest BCUT2D eigenvalue weighted by atomic mass is 10.1. The maximum absolute atomic E-state index is 11.5. The van der Waals surface area contributed by atoms with Crippen LogP contribution in [-0.4, -0.2) is 18.0 Å². The van der Waals surface area contributed by atoms with Gasteiger partial charge in [0.2, 0.25) is 5.78 Å². The number of phenolic OH excluding ortho intramolecular Hbond substituents is 1. The van der Waals surface area contributed by atoms with Gasteiger partial charge in [0, 0.05) is 6.42 Å². The van der Waals surface area contributed by atoms with Gasteiger partial charge in [0.05, 0.1) is 7.11 Å². The third-order valence-corrected chi connectivity index (χ3v) is 2.75. The molecule has 20 heavy (non-hydrogen) atoms. The molecule has 1 rings (SSSR count). The molecule has 1 N–H and O–H groups in total. The molecule has 0 aromatic heterocycles. The van der Waals surface area contributed by atoms with E-state index in [0.717, 1.165) is 31.2 Å². The third kappa shape index (κ3) is 5.62. The first-order valence-corrected chi connectivity index (χ1v) is 6.75. The normalized spacial score (nSPS) is 10.1. The molecule has 0 unspecified atom stereocenters. The molecule has 0 saturated carbocycles. The first kappa shape index (κ1) is 15.8. The highest BCUT2D eigenvalue weighted by Gasteiger charge is 2.00. The topological polar surface area (TPSA) is 46.5 Å². The largest absolute Gasteiger partial charge is 0.504 e. The molecule has 0 saturated heterocycles. The quantitative estimate of drug-likeness (QED) is 0.373. The van der Waals surface area contributed by atoms with Crippen LogP contribution in [-0.2, 0) is 4.79 Å². The van der Waals surface area contributed by atoms with E-state index in [-0.39, 0.29) is 11.5 Å². The lowest BCUT2D eigenvalue weighted by Crippen LogP contribution is -1.87. The van der Waals surface area contributed by atoms with Gasteiger partial charge in [-0.3, -0.25) is 4.79 Å². The highest BCUT2D eigenvalue weighted by atomic mass is 16.5. The van der Waals surface area contributed by atoms with Crippen LogP contribution in [0.5, 0.6) is 11.5 Å². The summed E-state index contributed by atoms with van der Waals surface area (Å²) in [6.45, 7) is 2.13. The summed E-state index contributed by atoms with van der Waals surface area (Å²) in [6.07, 6.45) is 7.18. The van der Waals surface area contributed by atoms with Crippen LogP contribution in [0.1, 0.15) is 38.2 Å². The first-order valence-electron chi connectivity index (χ1n) is 6.75. The van der Waals surface area contributed by atoms with Gasteiger partial charge in [-0.2, -0.15) is 0 Å². The van der Waals surface area contributed by atoms with Gasteiger partial charge in [-0.15, -0.1) is 0 Å². The van der Waals surface area contributed by atoms with Gasteiger partial charge in [0.1, 0.15) is 0 Å². The van der Waals surface area contributed by atoms with E-state index in [1.165, 1.54) is 19.3 Å². The predicted molar refractivity (Wildman–Crippen MR) is 80.6 cm³/mol. The minimum atomic E-state index is -0.214. The summed E-state index contributed by atoms with van der Waals surface area (Å²) >= 11 is 0. The molecule has 0 aliphatic heterocycles. The number of phenols is 1. The van der Waals surface area contributed by atoms with Crippen molar-refractivity contribution < 1.29 is 14.6 Å². The maximum Gasteiger partial charge on any atom is 0.228 e. The summed E-state index contributed by atoms with van der Waals surface area (Å²) in [5.41, 5.74) is 0.779. The number of unbranched alkanes of at least 4 members (excludes halogenated alkanes) is 3. The lowest BCUT2D eigenvalue weighted by molar-refractivity contribution is -0.109. The number of hydrogen-bond donors (Lipinski definition) is 1. The van der Waals surface area contributed by atoms with Crippen molar-refractivity contribution >= 4 is 11.9 Å². The van der Waals surface area contributed by atoms with E-state index in [4.69, 9.17) is 4.74 Å². The molecule has 1 aromatic rings. The molecule has 3 nitrogen and oxygen atoms in total. The summed E-state index contributed by atoms with van der Waals surface area (Å²) in [5, 5.41) is 9.46. The number of ether oxygens (including phenoxy) is 1. The number of carbonyl (C=O) groups excluding carboxylic acids is 1. The van der Waals surface area contributed by atoms with Crippen molar-refractivity contribution in [1.29, 1.82) is 0 Å². The molecule has 0 heterocycles. The van der Waals surface area contributed by atoms with Gasteiger partial charge >= 0.3 is 0 Å². The molecule has 0 aliphatic rings. The Bertz CT molecular complexity index is 533. The fourth-order valence-corrected chi connectivity index (χ4v) is 1.62. The summed E-state index contributed by atoms with van der Waals surface area (Å²) in [7, 11) is 1.48. The van der Waals surface area contributed by atoms with E-state index < -0.39 is 0 Å². The maximum atomic E-state index is 11.5. The molecule has 0 amide bonds. The van der Waals surface area contributed by atoms with E-state index in [9.17, 15) is 9.90 Å². The van der Waals surface area contributed by atoms with Crippen molar-refractivity contribution in [2.24, 2.45) is 0 Å². The van der Waals surface area contributed by atoms with Crippen LogP contribution >= 0.6 is 0 Å². The van der Waals surface area contributed by atoms with Crippen LogP contribution in [0.15, 0.2) is 24.3 Å². The van der Waals surface area contributed by atoms with Crippen molar-refractivity contribution in [3.8, 4) is 23.3 Å². The van der Waals surface area contributed by atoms with Crippen LogP contribution < -0.4 is 4.74 Å². The number of ketones is 1. The Morgan fingerprint density at radius 1 is 1.40 bits per heavy atom. The standard InChI is InChI=1S/C17H20O3/c1-3-4-5-6-7-8-15(18)11-9-14-10-12-16(19)17(13-14)20-2/h9-13,19H,3-6H2,1-2H3. The Hall–Kier alpha value is -2.21. The lowest BCUT2D eigenvalue weighted by Gasteiger charge is -2.03. The average Bonchev–Trinajstić information content (AvgIpc) is 2.46. The Morgan fingerprint density at radius 3 is 2.90 bits per heavy atom. The summed E-state index contributed by atoms with van der Waals surface area (Å²) in [6, 6.07) is 4.89. The highest BCUT2D eigenvalue weighted by molar-refractivity contribution is 6.06. The van der Waals surface area contributed by atoms with E-state index in [1.807, 2.05) is 0 Å². The molecule has 0 fully saturated rings. The first-order chi connectivity index (χ1) is 9.67. The van der Waals surface area contributed by atoms with Gasteiger partial charge < -0.3 is 9.84 Å². The van der Waals surface area contributed by atoms with Crippen molar-refractivity contribution in [2.75, 3.05) is 7.11 Å². The van der Waals surface area contributed by atoms with E-state index >= 15 is 0 Å². The van der Waals surface area contributed by atoms with E-state index in [0.29, 0.717) is 5.75 Å². The molecule has 0 radical (unpaired) electrons. The number of hydrogen-bond acceptors (Lipinski definition) is 3. The third-order valence-electron chi connectivity index (χ3n) is 2.75. The number of aromatic hydroxyl groups is 1. The Kier molecular flexibility index (Phi) is 6.99. The minimum absolute atomic E-state index is 0.0756. The molecule has 106 valence electrons. The molecule has 0 atom stereocenters. The fraction of sp³-hybridized carbons (Fsp3) is 0.353. The Morgan fingerprint density at radius 2 is 2.20 bits per heavy atom. The van der Waals surface area contributed by atoms with Gasteiger partial charge in [-0.1, -0.05) is 37.8 Å². The van der Waals surface area contributed by atoms with Crippen molar-refractivity contribution in [2.45, 2.75) is 32.6 Å². The predicted octanol–water partition coefficient (Wildman–Crippen LogP) is 3.57. The van der Waals surface area contributed by atoms with Crippen LogP contribution in [0.4, 0.5) is 0 Å². The van der Waals surface area contributed by atoms with Crippen LogP contribution in [0.2, 0.25) is 0 Å². The number of carbonyl (C=O) groups is 1. The number of allylic oxidation sites excluding steroid dienone is 1.